The minimum atomic E-state index is -1.30. The summed E-state index contributed by atoms with van der Waals surface area (Å²) in [7, 11) is 0. The van der Waals surface area contributed by atoms with Crippen LogP contribution < -0.4 is 0 Å². The molecule has 1 aromatic carbocycles. The molecule has 0 amide bonds. The van der Waals surface area contributed by atoms with Crippen molar-refractivity contribution in [3.63, 3.8) is 0 Å². The molecule has 0 aliphatic heterocycles. The number of hydrogen-bond donors (Lipinski definition) is 2. The number of carbonyl (C=O) groups is 1. The monoisotopic (exact) mass is 316 g/mol. The first-order chi connectivity index (χ1) is 10.7. The molecule has 0 radical (unpaired) electrons. The number of nitrogens with zero attached hydrogens (tertiary/aromatic N) is 2. The predicted molar refractivity (Wildman–Crippen MR) is 88.7 cm³/mol. The first kappa shape index (κ1) is 17.2. The fourth-order valence-electron chi connectivity index (χ4n) is 2.60. The topological polar surface area (TPSA) is 75.3 Å². The number of carboxylic acid groups (broad SMARTS) is 1. The van der Waals surface area contributed by atoms with Gasteiger partial charge in [0.1, 0.15) is 17.1 Å². The van der Waals surface area contributed by atoms with Crippen molar-refractivity contribution in [2.45, 2.75) is 52.7 Å². The minimum Gasteiger partial charge on any atom is -0.477 e. The number of aliphatic hydroxyl groups is 1. The van der Waals surface area contributed by atoms with E-state index < -0.39 is 11.6 Å². The summed E-state index contributed by atoms with van der Waals surface area (Å²) in [5, 5.41) is 19.9. The van der Waals surface area contributed by atoms with Gasteiger partial charge >= 0.3 is 5.97 Å². The fraction of sp³-hybridized carbons (Fsp3) is 0.444. The highest BCUT2D eigenvalue weighted by Gasteiger charge is 2.31. The maximum atomic E-state index is 11.8. The first-order valence-corrected chi connectivity index (χ1v) is 7.85. The van der Waals surface area contributed by atoms with E-state index in [2.05, 4.69) is 4.98 Å². The van der Waals surface area contributed by atoms with Crippen molar-refractivity contribution in [3.8, 4) is 0 Å². The van der Waals surface area contributed by atoms with E-state index in [1.54, 1.807) is 18.4 Å². The van der Waals surface area contributed by atoms with Crippen molar-refractivity contribution < 1.29 is 15.0 Å². The maximum Gasteiger partial charge on any atom is 0.354 e. The van der Waals surface area contributed by atoms with E-state index in [1.807, 2.05) is 38.1 Å². The van der Waals surface area contributed by atoms with Gasteiger partial charge in [-0.3, -0.25) is 0 Å². The highest BCUT2D eigenvalue weighted by atomic mass is 16.4. The highest BCUT2D eigenvalue weighted by Crippen LogP contribution is 2.26. The Bertz CT molecular complexity index is 694. The Morgan fingerprint density at radius 1 is 1.26 bits per heavy atom. The zero-order valence-electron chi connectivity index (χ0n) is 14.1. The third-order valence-electron chi connectivity index (χ3n) is 3.76. The number of rotatable bonds is 6. The second-order valence-corrected chi connectivity index (χ2v) is 6.41. The average molecular weight is 316 g/mol. The summed E-state index contributed by atoms with van der Waals surface area (Å²) in [5.74, 6) is -0.369. The quantitative estimate of drug-likeness (QED) is 0.858. The van der Waals surface area contributed by atoms with Crippen LogP contribution in [0.2, 0.25) is 0 Å². The minimum absolute atomic E-state index is 0.0709. The number of aromatic nitrogens is 2. The van der Waals surface area contributed by atoms with Crippen LogP contribution in [0.3, 0.4) is 0 Å². The standard InChI is InChI=1S/C18H24N2O3/c1-5-6-14-19-16(18(3,4)23)15(17(21)22)20(14)11-13-9-7-12(2)8-10-13/h7-10,23H,5-6,11H2,1-4H3,(H,21,22). The molecule has 0 aliphatic carbocycles. The van der Waals surface area contributed by atoms with Crippen LogP contribution in [-0.4, -0.2) is 25.7 Å². The summed E-state index contributed by atoms with van der Waals surface area (Å²) < 4.78 is 1.71. The molecule has 0 saturated carbocycles. The largest absolute Gasteiger partial charge is 0.477 e. The number of hydrogen-bond acceptors (Lipinski definition) is 3. The van der Waals surface area contributed by atoms with E-state index in [4.69, 9.17) is 0 Å². The molecule has 0 saturated heterocycles. The van der Waals surface area contributed by atoms with E-state index in [0.29, 0.717) is 18.8 Å². The van der Waals surface area contributed by atoms with Gasteiger partial charge in [-0.2, -0.15) is 0 Å². The fourth-order valence-corrected chi connectivity index (χ4v) is 2.60. The van der Waals surface area contributed by atoms with E-state index in [1.165, 1.54) is 0 Å². The maximum absolute atomic E-state index is 11.8. The molecule has 0 spiro atoms. The zero-order chi connectivity index (χ0) is 17.2. The number of aromatic carboxylic acids is 1. The lowest BCUT2D eigenvalue weighted by molar-refractivity contribution is 0.0602. The van der Waals surface area contributed by atoms with Crippen molar-refractivity contribution in [2.24, 2.45) is 0 Å². The molecule has 23 heavy (non-hydrogen) atoms. The van der Waals surface area contributed by atoms with Crippen LogP contribution in [0.4, 0.5) is 0 Å². The van der Waals surface area contributed by atoms with Crippen molar-refractivity contribution in [3.05, 3.63) is 52.6 Å². The van der Waals surface area contributed by atoms with Crippen LogP contribution in [0.5, 0.6) is 0 Å². The van der Waals surface area contributed by atoms with E-state index >= 15 is 0 Å². The molecule has 0 aliphatic rings. The van der Waals surface area contributed by atoms with Gasteiger partial charge < -0.3 is 14.8 Å². The van der Waals surface area contributed by atoms with Crippen LogP contribution in [0.15, 0.2) is 24.3 Å². The lowest BCUT2D eigenvalue weighted by atomic mass is 10.0. The molecule has 2 aromatic rings. The highest BCUT2D eigenvalue weighted by molar-refractivity contribution is 5.87. The smallest absolute Gasteiger partial charge is 0.354 e. The summed E-state index contributed by atoms with van der Waals surface area (Å²) >= 11 is 0. The number of carboxylic acids is 1. The van der Waals surface area contributed by atoms with Crippen LogP contribution >= 0.6 is 0 Å². The van der Waals surface area contributed by atoms with Crippen LogP contribution in [0.1, 0.15) is 60.3 Å². The Kier molecular flexibility index (Phi) is 4.90. The van der Waals surface area contributed by atoms with Crippen molar-refractivity contribution >= 4 is 5.97 Å². The van der Waals surface area contributed by atoms with Gasteiger partial charge in [0.25, 0.3) is 0 Å². The normalized spacial score (nSPS) is 11.7. The van der Waals surface area contributed by atoms with E-state index in [9.17, 15) is 15.0 Å². The molecular weight excluding hydrogens is 292 g/mol. The molecule has 2 rings (SSSR count). The Labute approximate surface area is 136 Å². The number of imidazole rings is 1. The summed E-state index contributed by atoms with van der Waals surface area (Å²) in [6.45, 7) is 7.59. The summed E-state index contributed by atoms with van der Waals surface area (Å²) in [4.78, 5) is 16.2. The molecule has 5 nitrogen and oxygen atoms in total. The molecule has 0 bridgehead atoms. The van der Waals surface area contributed by atoms with Crippen LogP contribution in [0.25, 0.3) is 0 Å². The number of benzene rings is 1. The summed E-state index contributed by atoms with van der Waals surface area (Å²) in [6.07, 6.45) is 1.53. The second-order valence-electron chi connectivity index (χ2n) is 6.41. The molecule has 5 heteroatoms. The molecular formula is C18H24N2O3. The average Bonchev–Trinajstić information content (AvgIpc) is 2.81. The predicted octanol–water partition coefficient (Wildman–Crippen LogP) is 3.12. The molecule has 1 aromatic heterocycles. The van der Waals surface area contributed by atoms with Crippen LogP contribution in [0, 0.1) is 6.92 Å². The van der Waals surface area contributed by atoms with Gasteiger partial charge in [0.15, 0.2) is 5.69 Å². The van der Waals surface area contributed by atoms with Gasteiger partial charge in [-0.1, -0.05) is 36.8 Å². The Hall–Kier alpha value is -2.14. The SMILES string of the molecule is CCCc1nc(C(C)(C)O)c(C(=O)O)n1Cc1ccc(C)cc1. The van der Waals surface area contributed by atoms with Gasteiger partial charge in [-0.25, -0.2) is 9.78 Å². The molecule has 0 fully saturated rings. The lowest BCUT2D eigenvalue weighted by Crippen LogP contribution is -2.22. The number of aryl methyl sites for hydroxylation is 2. The van der Waals surface area contributed by atoms with Crippen molar-refractivity contribution in [2.75, 3.05) is 0 Å². The summed E-state index contributed by atoms with van der Waals surface area (Å²) in [5.41, 5.74) is 1.16. The van der Waals surface area contributed by atoms with Crippen molar-refractivity contribution in [1.82, 2.24) is 9.55 Å². The molecule has 0 atom stereocenters. The summed E-state index contributed by atoms with van der Waals surface area (Å²) in [6, 6.07) is 7.98. The van der Waals surface area contributed by atoms with Crippen LogP contribution in [-0.2, 0) is 18.6 Å². The molecule has 1 heterocycles. The van der Waals surface area contributed by atoms with Gasteiger partial charge in [0.2, 0.25) is 0 Å². The lowest BCUT2D eigenvalue weighted by Gasteiger charge is -2.16. The molecule has 0 unspecified atom stereocenters. The second kappa shape index (κ2) is 6.54. The Morgan fingerprint density at radius 2 is 1.87 bits per heavy atom. The third-order valence-corrected chi connectivity index (χ3v) is 3.76. The van der Waals surface area contributed by atoms with Gasteiger partial charge in [-0.05, 0) is 32.8 Å². The van der Waals surface area contributed by atoms with E-state index in [-0.39, 0.29) is 11.4 Å². The van der Waals surface area contributed by atoms with Gasteiger partial charge in [0.05, 0.1) is 0 Å². The van der Waals surface area contributed by atoms with Gasteiger partial charge in [0, 0.05) is 13.0 Å². The Balaban J connectivity index is 2.56. The molecule has 2 N–H and O–H groups in total. The first-order valence-electron chi connectivity index (χ1n) is 7.85. The molecule has 124 valence electrons. The zero-order valence-corrected chi connectivity index (χ0v) is 14.1. The Morgan fingerprint density at radius 3 is 2.35 bits per heavy atom. The van der Waals surface area contributed by atoms with Crippen molar-refractivity contribution in [1.29, 1.82) is 0 Å². The van der Waals surface area contributed by atoms with E-state index in [0.717, 1.165) is 17.5 Å². The third kappa shape index (κ3) is 3.79. The van der Waals surface area contributed by atoms with Gasteiger partial charge in [-0.15, -0.1) is 0 Å².